The first-order valence-electron chi connectivity index (χ1n) is 9.54. The Hall–Kier alpha value is -2.99. The minimum atomic E-state index is -4.49. The lowest BCUT2D eigenvalue weighted by molar-refractivity contribution is -0.138. The van der Waals surface area contributed by atoms with Crippen molar-refractivity contribution >= 4 is 0 Å². The summed E-state index contributed by atoms with van der Waals surface area (Å²) in [6, 6.07) is 19.2. The van der Waals surface area contributed by atoms with Crippen LogP contribution in [0, 0.1) is 0 Å². The zero-order valence-electron chi connectivity index (χ0n) is 17.1. The molecule has 3 rings (SSSR count). The van der Waals surface area contributed by atoms with Crippen LogP contribution in [0.15, 0.2) is 66.7 Å². The van der Waals surface area contributed by atoms with Crippen molar-refractivity contribution in [3.8, 4) is 22.6 Å². The molecule has 0 saturated carbocycles. The smallest absolute Gasteiger partial charge is 0.416 e. The van der Waals surface area contributed by atoms with Gasteiger partial charge < -0.3 is 14.8 Å². The number of nitrogens with one attached hydrogen (secondary N) is 1. The second kappa shape index (κ2) is 9.22. The van der Waals surface area contributed by atoms with Crippen LogP contribution in [0.5, 0.6) is 11.5 Å². The van der Waals surface area contributed by atoms with Gasteiger partial charge in [0.15, 0.2) is 0 Å². The number of hydrogen-bond acceptors (Lipinski definition) is 3. The molecular weight excluding hydrogens is 391 g/mol. The van der Waals surface area contributed by atoms with Crippen molar-refractivity contribution in [3.05, 3.63) is 83.4 Å². The van der Waals surface area contributed by atoms with Crippen LogP contribution in [0.3, 0.4) is 0 Å². The van der Waals surface area contributed by atoms with E-state index in [1.165, 1.54) is 7.11 Å². The molecule has 6 heteroatoms. The van der Waals surface area contributed by atoms with Gasteiger partial charge in [0.1, 0.15) is 11.5 Å². The Morgan fingerprint density at radius 3 is 2.27 bits per heavy atom. The summed E-state index contributed by atoms with van der Waals surface area (Å²) in [7, 11) is 2.96. The maximum Gasteiger partial charge on any atom is 0.416 e. The number of rotatable bonds is 7. The fourth-order valence-electron chi connectivity index (χ4n) is 3.34. The van der Waals surface area contributed by atoms with Crippen LogP contribution in [0.2, 0.25) is 0 Å². The molecule has 1 N–H and O–H groups in total. The highest BCUT2D eigenvalue weighted by atomic mass is 19.4. The third-order valence-corrected chi connectivity index (χ3v) is 5.01. The summed E-state index contributed by atoms with van der Waals surface area (Å²) in [5, 5.41) is 3.20. The molecule has 3 aromatic rings. The van der Waals surface area contributed by atoms with E-state index in [9.17, 15) is 13.2 Å². The van der Waals surface area contributed by atoms with Gasteiger partial charge in [-0.1, -0.05) is 42.5 Å². The number of ether oxygens (including phenoxy) is 2. The van der Waals surface area contributed by atoms with Crippen LogP contribution in [-0.4, -0.2) is 14.2 Å². The van der Waals surface area contributed by atoms with E-state index in [2.05, 4.69) is 5.32 Å². The summed E-state index contributed by atoms with van der Waals surface area (Å²) < 4.78 is 51.7. The predicted molar refractivity (Wildman–Crippen MR) is 112 cm³/mol. The van der Waals surface area contributed by atoms with Gasteiger partial charge in [-0.3, -0.25) is 0 Å². The lowest BCUT2D eigenvalue weighted by Gasteiger charge is -2.20. The largest absolute Gasteiger partial charge is 0.497 e. The summed E-state index contributed by atoms with van der Waals surface area (Å²) >= 11 is 0. The van der Waals surface area contributed by atoms with Crippen molar-refractivity contribution in [1.82, 2.24) is 5.32 Å². The number of alkyl halides is 3. The van der Waals surface area contributed by atoms with E-state index in [4.69, 9.17) is 9.47 Å². The number of halogens is 3. The molecule has 0 aliphatic heterocycles. The Balaban J connectivity index is 1.95. The molecule has 0 bridgehead atoms. The highest BCUT2D eigenvalue weighted by molar-refractivity contribution is 5.72. The van der Waals surface area contributed by atoms with Gasteiger partial charge in [0, 0.05) is 18.2 Å². The van der Waals surface area contributed by atoms with Gasteiger partial charge in [0.05, 0.1) is 19.8 Å². The van der Waals surface area contributed by atoms with Crippen LogP contribution in [0.4, 0.5) is 13.2 Å². The molecule has 0 radical (unpaired) electrons. The van der Waals surface area contributed by atoms with Gasteiger partial charge in [-0.05, 0) is 47.9 Å². The summed E-state index contributed by atoms with van der Waals surface area (Å²) in [5.41, 5.74) is 1.81. The van der Waals surface area contributed by atoms with Gasteiger partial charge in [0.2, 0.25) is 0 Å². The molecule has 0 aromatic heterocycles. The van der Waals surface area contributed by atoms with Crippen molar-refractivity contribution in [1.29, 1.82) is 0 Å². The average molecular weight is 415 g/mol. The first-order valence-corrected chi connectivity index (χ1v) is 9.54. The Kier molecular flexibility index (Phi) is 6.67. The summed E-state index contributed by atoms with van der Waals surface area (Å²) in [4.78, 5) is 0. The van der Waals surface area contributed by atoms with E-state index in [0.717, 1.165) is 17.2 Å². The molecule has 3 aromatic carbocycles. The van der Waals surface area contributed by atoms with Crippen molar-refractivity contribution in [2.75, 3.05) is 14.2 Å². The van der Waals surface area contributed by atoms with Crippen molar-refractivity contribution in [3.63, 3.8) is 0 Å². The first-order chi connectivity index (χ1) is 14.3. The molecule has 0 saturated heterocycles. The van der Waals surface area contributed by atoms with Crippen LogP contribution >= 0.6 is 0 Å². The lowest BCUT2D eigenvalue weighted by Crippen LogP contribution is -2.21. The summed E-state index contributed by atoms with van der Waals surface area (Å²) in [5.74, 6) is 0.895. The highest BCUT2D eigenvalue weighted by Crippen LogP contribution is 2.40. The third-order valence-electron chi connectivity index (χ3n) is 5.01. The molecule has 0 unspecified atom stereocenters. The molecule has 0 spiro atoms. The minimum absolute atomic E-state index is 0.0526. The van der Waals surface area contributed by atoms with Gasteiger partial charge in [-0.25, -0.2) is 0 Å². The van der Waals surface area contributed by atoms with Gasteiger partial charge in [0.25, 0.3) is 0 Å². The Morgan fingerprint density at radius 2 is 1.63 bits per heavy atom. The number of methoxy groups -OCH3 is 2. The standard InChI is InChI=1S/C24H24F3NO2/c1-16(18-10-7-11-20(12-18)29-2)28-15-19-13-21(17-8-5-4-6-9-17)23(30-3)14-22(19)24(25,26)27/h4-14,16,28H,15H2,1-3H3/t16-/m1/s1. The highest BCUT2D eigenvalue weighted by Gasteiger charge is 2.34. The molecule has 0 fully saturated rings. The Morgan fingerprint density at radius 1 is 0.900 bits per heavy atom. The van der Waals surface area contributed by atoms with Crippen molar-refractivity contribution in [2.45, 2.75) is 25.7 Å². The minimum Gasteiger partial charge on any atom is -0.497 e. The first kappa shape index (κ1) is 21.7. The molecule has 0 amide bonds. The Bertz CT molecular complexity index is 987. The molecule has 0 aliphatic carbocycles. The number of benzene rings is 3. The molecule has 0 heterocycles. The monoisotopic (exact) mass is 415 g/mol. The van der Waals surface area contributed by atoms with Gasteiger partial charge in [-0.2, -0.15) is 13.2 Å². The van der Waals surface area contributed by atoms with Gasteiger partial charge >= 0.3 is 6.18 Å². The second-order valence-electron chi connectivity index (χ2n) is 6.95. The summed E-state index contributed by atoms with van der Waals surface area (Å²) in [6.07, 6.45) is -4.49. The predicted octanol–water partition coefficient (Wildman–Crippen LogP) is 6.24. The topological polar surface area (TPSA) is 30.5 Å². The molecule has 158 valence electrons. The molecule has 0 aliphatic rings. The second-order valence-corrected chi connectivity index (χ2v) is 6.95. The molecule has 30 heavy (non-hydrogen) atoms. The van der Waals surface area contributed by atoms with E-state index >= 15 is 0 Å². The van der Waals surface area contributed by atoms with E-state index in [1.807, 2.05) is 61.5 Å². The van der Waals surface area contributed by atoms with E-state index in [0.29, 0.717) is 11.3 Å². The SMILES string of the molecule is COc1cccc([C@@H](C)NCc2cc(-c3ccccc3)c(OC)cc2C(F)(F)F)c1. The van der Waals surface area contributed by atoms with Crippen LogP contribution in [0.1, 0.15) is 29.7 Å². The van der Waals surface area contributed by atoms with Crippen LogP contribution < -0.4 is 14.8 Å². The normalized spacial score (nSPS) is 12.5. The van der Waals surface area contributed by atoms with Crippen LogP contribution in [-0.2, 0) is 12.7 Å². The molecule has 1 atom stereocenters. The molecule has 3 nitrogen and oxygen atoms in total. The van der Waals surface area contributed by atoms with E-state index in [-0.39, 0.29) is 23.9 Å². The Labute approximate surface area is 174 Å². The lowest BCUT2D eigenvalue weighted by atomic mass is 9.97. The maximum atomic E-state index is 13.7. The van der Waals surface area contributed by atoms with Gasteiger partial charge in [-0.15, -0.1) is 0 Å². The third kappa shape index (κ3) is 4.94. The fraction of sp³-hybridized carbons (Fsp3) is 0.250. The van der Waals surface area contributed by atoms with Crippen LogP contribution in [0.25, 0.3) is 11.1 Å². The quantitative estimate of drug-likeness (QED) is 0.495. The average Bonchev–Trinajstić information content (AvgIpc) is 2.76. The zero-order chi connectivity index (χ0) is 21.7. The zero-order valence-corrected chi connectivity index (χ0v) is 17.1. The fourth-order valence-corrected chi connectivity index (χ4v) is 3.34. The van der Waals surface area contributed by atoms with E-state index < -0.39 is 11.7 Å². The maximum absolute atomic E-state index is 13.7. The van der Waals surface area contributed by atoms with E-state index in [1.54, 1.807) is 13.2 Å². The van der Waals surface area contributed by atoms with Crippen molar-refractivity contribution < 1.29 is 22.6 Å². The molecular formula is C24H24F3NO2. The summed E-state index contributed by atoms with van der Waals surface area (Å²) in [6.45, 7) is 1.96. The van der Waals surface area contributed by atoms with Crippen molar-refractivity contribution in [2.24, 2.45) is 0 Å². The number of hydrogen-bond donors (Lipinski definition) is 1.